The number of para-hydroxylation sites is 1. The Bertz CT molecular complexity index is 936. The van der Waals surface area contributed by atoms with Gasteiger partial charge in [0.15, 0.2) is 11.5 Å². The summed E-state index contributed by atoms with van der Waals surface area (Å²) >= 11 is 2.03. The number of fused-ring (bicyclic) bond motifs is 1. The summed E-state index contributed by atoms with van der Waals surface area (Å²) in [4.78, 5) is 2.51. The number of ether oxygens (including phenoxy) is 2. The minimum absolute atomic E-state index is 0.287. The molecule has 0 aliphatic carbocycles. The zero-order valence-electron chi connectivity index (χ0n) is 15.0. The molecule has 6 heteroatoms. The smallest absolute Gasteiger partial charge is 0.231 e. The molecule has 3 heterocycles. The molecule has 27 heavy (non-hydrogen) atoms. The molecule has 0 radical (unpaired) electrons. The summed E-state index contributed by atoms with van der Waals surface area (Å²) in [7, 11) is 0. The van der Waals surface area contributed by atoms with Gasteiger partial charge in [-0.1, -0.05) is 18.2 Å². The van der Waals surface area contributed by atoms with Crippen LogP contribution >= 0.6 is 11.8 Å². The Morgan fingerprint density at radius 3 is 2.63 bits per heavy atom. The lowest BCUT2D eigenvalue weighted by molar-refractivity contribution is 0.174. The molecule has 0 bridgehead atoms. The molecule has 0 N–H and O–H groups in total. The van der Waals surface area contributed by atoms with E-state index in [9.17, 15) is 0 Å². The molecule has 2 aliphatic heterocycles. The Morgan fingerprint density at radius 1 is 0.963 bits per heavy atom. The highest BCUT2D eigenvalue weighted by Gasteiger charge is 2.20. The Morgan fingerprint density at radius 2 is 1.78 bits per heavy atom. The number of hydrogen-bond acceptors (Lipinski definition) is 5. The topological polar surface area (TPSA) is 39.5 Å². The summed E-state index contributed by atoms with van der Waals surface area (Å²) in [5, 5.41) is 4.93. The van der Waals surface area contributed by atoms with Crippen LogP contribution in [0, 0.1) is 0 Å². The molecule has 1 fully saturated rings. The fourth-order valence-electron chi connectivity index (χ4n) is 3.53. The van der Waals surface area contributed by atoms with Crippen molar-refractivity contribution in [3.63, 3.8) is 0 Å². The van der Waals surface area contributed by atoms with E-state index in [0.29, 0.717) is 0 Å². The van der Waals surface area contributed by atoms with Gasteiger partial charge in [0.1, 0.15) is 0 Å². The molecule has 1 aromatic heterocycles. The van der Waals surface area contributed by atoms with Gasteiger partial charge in [-0.25, -0.2) is 4.68 Å². The largest absolute Gasteiger partial charge is 0.454 e. The Balaban J connectivity index is 1.54. The number of hydrogen-bond donors (Lipinski definition) is 0. The van der Waals surface area contributed by atoms with E-state index >= 15 is 0 Å². The Hall–Kier alpha value is -2.44. The van der Waals surface area contributed by atoms with Crippen LogP contribution in [0.1, 0.15) is 5.56 Å². The van der Waals surface area contributed by atoms with E-state index in [-0.39, 0.29) is 6.79 Å². The maximum atomic E-state index is 5.57. The van der Waals surface area contributed by atoms with Gasteiger partial charge in [0.2, 0.25) is 6.79 Å². The van der Waals surface area contributed by atoms with Crippen molar-refractivity contribution in [2.75, 3.05) is 31.4 Å². The molecule has 1 saturated heterocycles. The molecule has 5 nitrogen and oxygen atoms in total. The average Bonchev–Trinajstić information content (AvgIpc) is 3.36. The van der Waals surface area contributed by atoms with Crippen LogP contribution in [0.25, 0.3) is 16.9 Å². The first-order chi connectivity index (χ1) is 13.4. The van der Waals surface area contributed by atoms with Crippen molar-refractivity contribution in [3.8, 4) is 28.4 Å². The van der Waals surface area contributed by atoms with E-state index in [1.165, 1.54) is 17.1 Å². The van der Waals surface area contributed by atoms with Gasteiger partial charge in [-0.3, -0.25) is 4.90 Å². The fraction of sp³-hybridized carbons (Fsp3) is 0.286. The fourth-order valence-corrected chi connectivity index (χ4v) is 4.50. The molecule has 0 amide bonds. The molecule has 2 aromatic carbocycles. The lowest BCUT2D eigenvalue weighted by Gasteiger charge is -2.25. The Kier molecular flexibility index (Phi) is 4.51. The van der Waals surface area contributed by atoms with Crippen LogP contribution in [-0.2, 0) is 6.54 Å². The zero-order valence-corrected chi connectivity index (χ0v) is 15.8. The van der Waals surface area contributed by atoms with Crippen LogP contribution in [0.4, 0.5) is 0 Å². The molecule has 0 saturated carbocycles. The van der Waals surface area contributed by atoms with E-state index < -0.39 is 0 Å². The summed E-state index contributed by atoms with van der Waals surface area (Å²) in [6, 6.07) is 16.3. The predicted octanol–water partition coefficient (Wildman–Crippen LogP) is 3.82. The normalized spacial score (nSPS) is 16.6. The first kappa shape index (κ1) is 16.7. The minimum atomic E-state index is 0.287. The van der Waals surface area contributed by atoms with E-state index in [1.807, 2.05) is 46.8 Å². The van der Waals surface area contributed by atoms with Crippen LogP contribution in [-0.4, -0.2) is 46.1 Å². The van der Waals surface area contributed by atoms with Crippen LogP contribution < -0.4 is 9.47 Å². The molecular formula is C21H21N3O2S. The third-order valence-electron chi connectivity index (χ3n) is 4.95. The lowest BCUT2D eigenvalue weighted by Crippen LogP contribution is -2.32. The van der Waals surface area contributed by atoms with Crippen molar-refractivity contribution < 1.29 is 9.47 Å². The molecule has 0 unspecified atom stereocenters. The van der Waals surface area contributed by atoms with Gasteiger partial charge in [-0.2, -0.15) is 16.9 Å². The van der Waals surface area contributed by atoms with Gasteiger partial charge in [0.25, 0.3) is 0 Å². The van der Waals surface area contributed by atoms with Gasteiger partial charge >= 0.3 is 0 Å². The lowest BCUT2D eigenvalue weighted by atomic mass is 10.1. The van der Waals surface area contributed by atoms with Crippen molar-refractivity contribution in [2.45, 2.75) is 6.54 Å². The second kappa shape index (κ2) is 7.29. The highest BCUT2D eigenvalue weighted by Crippen LogP contribution is 2.36. The van der Waals surface area contributed by atoms with E-state index in [1.54, 1.807) is 0 Å². The van der Waals surface area contributed by atoms with Crippen molar-refractivity contribution in [3.05, 3.63) is 60.3 Å². The first-order valence-corrected chi connectivity index (χ1v) is 10.4. The Labute approximate surface area is 162 Å². The summed E-state index contributed by atoms with van der Waals surface area (Å²) in [6.45, 7) is 3.45. The van der Waals surface area contributed by atoms with Gasteiger partial charge in [0, 0.05) is 48.5 Å². The van der Waals surface area contributed by atoms with E-state index in [0.717, 1.165) is 48.1 Å². The van der Waals surface area contributed by atoms with Gasteiger partial charge in [0.05, 0.1) is 11.4 Å². The third kappa shape index (κ3) is 3.42. The molecule has 2 aliphatic rings. The van der Waals surface area contributed by atoms with E-state index in [2.05, 4.69) is 29.3 Å². The molecule has 3 aromatic rings. The molecule has 5 rings (SSSR count). The third-order valence-corrected chi connectivity index (χ3v) is 5.90. The summed E-state index contributed by atoms with van der Waals surface area (Å²) in [5.41, 5.74) is 4.38. The SMILES string of the molecule is c1ccc(-n2cc(CN3CCSCC3)c(-c3ccc4c(c3)OCO4)n2)cc1. The quantitative estimate of drug-likeness (QED) is 0.689. The average molecular weight is 379 g/mol. The van der Waals surface area contributed by atoms with Gasteiger partial charge in [-0.15, -0.1) is 0 Å². The van der Waals surface area contributed by atoms with Crippen LogP contribution in [0.3, 0.4) is 0 Å². The van der Waals surface area contributed by atoms with Crippen molar-refractivity contribution in [1.29, 1.82) is 0 Å². The number of rotatable bonds is 4. The van der Waals surface area contributed by atoms with Gasteiger partial charge in [-0.05, 0) is 30.3 Å². The first-order valence-electron chi connectivity index (χ1n) is 9.21. The highest BCUT2D eigenvalue weighted by atomic mass is 32.2. The molecule has 138 valence electrons. The monoisotopic (exact) mass is 379 g/mol. The van der Waals surface area contributed by atoms with E-state index in [4.69, 9.17) is 14.6 Å². The van der Waals surface area contributed by atoms with Crippen molar-refractivity contribution >= 4 is 11.8 Å². The predicted molar refractivity (Wildman–Crippen MR) is 108 cm³/mol. The summed E-state index contributed by atoms with van der Waals surface area (Å²) in [5.74, 6) is 4.00. The standard InChI is InChI=1S/C21H21N3O2S/c1-2-4-18(5-3-1)24-14-17(13-23-8-10-27-11-9-23)21(22-24)16-6-7-19-20(12-16)26-15-25-19/h1-7,12,14H,8-11,13,15H2. The number of nitrogens with zero attached hydrogens (tertiary/aromatic N) is 3. The molecular weight excluding hydrogens is 358 g/mol. The van der Waals surface area contributed by atoms with Crippen molar-refractivity contribution in [2.24, 2.45) is 0 Å². The zero-order chi connectivity index (χ0) is 18.1. The second-order valence-corrected chi connectivity index (χ2v) is 7.96. The second-order valence-electron chi connectivity index (χ2n) is 6.74. The summed E-state index contributed by atoms with van der Waals surface area (Å²) < 4.78 is 13.0. The van der Waals surface area contributed by atoms with Crippen molar-refractivity contribution in [1.82, 2.24) is 14.7 Å². The number of thioether (sulfide) groups is 1. The summed E-state index contributed by atoms with van der Waals surface area (Å²) in [6.07, 6.45) is 2.16. The molecule has 0 spiro atoms. The number of aromatic nitrogens is 2. The van der Waals surface area contributed by atoms with Gasteiger partial charge < -0.3 is 9.47 Å². The van der Waals surface area contributed by atoms with Crippen LogP contribution in [0.5, 0.6) is 11.5 Å². The van der Waals surface area contributed by atoms with Crippen LogP contribution in [0.15, 0.2) is 54.7 Å². The maximum absolute atomic E-state index is 5.57. The van der Waals surface area contributed by atoms with Crippen LogP contribution in [0.2, 0.25) is 0 Å². The maximum Gasteiger partial charge on any atom is 0.231 e. The molecule has 0 atom stereocenters. The minimum Gasteiger partial charge on any atom is -0.454 e. The highest BCUT2D eigenvalue weighted by molar-refractivity contribution is 7.99. The number of benzene rings is 2.